The summed E-state index contributed by atoms with van der Waals surface area (Å²) in [5, 5.41) is 8.88. The van der Waals surface area contributed by atoms with Crippen LogP contribution < -0.4 is 4.74 Å². The van der Waals surface area contributed by atoms with Crippen molar-refractivity contribution in [2.75, 3.05) is 13.1 Å². The van der Waals surface area contributed by atoms with E-state index >= 15 is 0 Å². The minimum absolute atomic E-state index is 0.127. The molecule has 1 amide bonds. The fraction of sp³-hybridized carbons (Fsp3) is 0.367. The molecule has 10 heteroatoms. The second-order valence-corrected chi connectivity index (χ2v) is 13.0. The van der Waals surface area contributed by atoms with Gasteiger partial charge in [-0.15, -0.1) is 0 Å². The molecule has 0 saturated carbocycles. The van der Waals surface area contributed by atoms with Gasteiger partial charge in [-0.05, 0) is 67.9 Å². The fourth-order valence-corrected chi connectivity index (χ4v) is 6.43. The lowest BCUT2D eigenvalue weighted by Gasteiger charge is -2.45. The zero-order valence-corrected chi connectivity index (χ0v) is 23.5. The first-order valence-electron chi connectivity index (χ1n) is 13.2. The third-order valence-electron chi connectivity index (χ3n) is 7.61. The van der Waals surface area contributed by atoms with Crippen LogP contribution in [0, 0.1) is 11.3 Å². The summed E-state index contributed by atoms with van der Waals surface area (Å²) in [5.74, 6) is 0.102. The standard InChI is InChI=1S/C30H31N3O6S/c1-20(2)40(36,37)25-8-5-23(6-9-25)29(35)32-16-13-30(14-17-32)28-11-7-24(12-15-31)33(28)26-10-4-22(18-27(26)39-30)19-38-21(3)34/h4-11,18,20H,12-14,16-17,19H2,1-3H3. The van der Waals surface area contributed by atoms with Gasteiger partial charge in [0.05, 0.1) is 34.0 Å². The van der Waals surface area contributed by atoms with Crippen molar-refractivity contribution in [3.05, 3.63) is 77.1 Å². The molecule has 0 radical (unpaired) electrons. The number of fused-ring (bicyclic) bond motifs is 4. The number of ether oxygens (including phenoxy) is 2. The van der Waals surface area contributed by atoms with Crippen LogP contribution in [0.2, 0.25) is 0 Å². The fourth-order valence-electron chi connectivity index (χ4n) is 5.37. The maximum Gasteiger partial charge on any atom is 0.302 e. The summed E-state index contributed by atoms with van der Waals surface area (Å²) in [6, 6.07) is 17.9. The number of benzene rings is 2. The molecule has 2 aliphatic rings. The maximum absolute atomic E-state index is 13.3. The lowest BCUT2D eigenvalue weighted by Crippen LogP contribution is -2.50. The Morgan fingerprint density at radius 3 is 2.40 bits per heavy atom. The van der Waals surface area contributed by atoms with Crippen LogP contribution in [0.25, 0.3) is 5.69 Å². The van der Waals surface area contributed by atoms with Gasteiger partial charge in [0.15, 0.2) is 15.4 Å². The lowest BCUT2D eigenvalue weighted by molar-refractivity contribution is -0.142. The number of amides is 1. The van der Waals surface area contributed by atoms with E-state index in [-0.39, 0.29) is 29.8 Å². The first-order valence-corrected chi connectivity index (χ1v) is 14.8. The molecule has 2 aliphatic heterocycles. The van der Waals surface area contributed by atoms with Crippen LogP contribution in [0.5, 0.6) is 5.75 Å². The molecular weight excluding hydrogens is 530 g/mol. The minimum Gasteiger partial charge on any atom is -0.479 e. The molecule has 0 bridgehead atoms. The van der Waals surface area contributed by atoms with E-state index in [0.29, 0.717) is 37.2 Å². The van der Waals surface area contributed by atoms with Gasteiger partial charge in [0.25, 0.3) is 5.91 Å². The predicted molar refractivity (Wildman–Crippen MR) is 147 cm³/mol. The normalized spacial score (nSPS) is 15.6. The summed E-state index contributed by atoms with van der Waals surface area (Å²) in [5.41, 5.74) is 3.13. The first-order chi connectivity index (χ1) is 19.1. The number of nitrogens with zero attached hydrogens (tertiary/aromatic N) is 3. The van der Waals surface area contributed by atoms with E-state index in [9.17, 15) is 23.3 Å². The highest BCUT2D eigenvalue weighted by molar-refractivity contribution is 7.92. The summed E-state index contributed by atoms with van der Waals surface area (Å²) in [6.07, 6.45) is 1.29. The molecule has 0 atom stereocenters. The van der Waals surface area contributed by atoms with Crippen LogP contribution in [-0.2, 0) is 38.0 Å². The first kappa shape index (κ1) is 27.5. The van der Waals surface area contributed by atoms with Gasteiger partial charge in [-0.3, -0.25) is 9.59 Å². The van der Waals surface area contributed by atoms with E-state index in [2.05, 4.69) is 10.6 Å². The molecule has 1 aromatic heterocycles. The topological polar surface area (TPSA) is 119 Å². The summed E-state index contributed by atoms with van der Waals surface area (Å²) < 4.78 is 38.8. The van der Waals surface area contributed by atoms with Gasteiger partial charge in [0, 0.05) is 44.1 Å². The van der Waals surface area contributed by atoms with Crippen molar-refractivity contribution < 1.29 is 27.5 Å². The van der Waals surface area contributed by atoms with Crippen molar-refractivity contribution in [2.45, 2.75) is 62.4 Å². The summed E-state index contributed by atoms with van der Waals surface area (Å²) in [6.45, 7) is 5.62. The zero-order valence-electron chi connectivity index (χ0n) is 22.7. The van der Waals surface area contributed by atoms with Crippen LogP contribution in [0.3, 0.4) is 0 Å². The Hall–Kier alpha value is -4.10. The van der Waals surface area contributed by atoms with Crippen LogP contribution in [-0.4, -0.2) is 48.1 Å². The molecule has 3 aromatic rings. The SMILES string of the molecule is CC(=O)OCc1ccc2c(c1)OC1(CCN(C(=O)c3ccc(S(=O)(=O)C(C)C)cc3)CC1)c1ccc(CC#N)n1-2. The number of piperidine rings is 1. The van der Waals surface area contributed by atoms with E-state index in [0.717, 1.165) is 22.6 Å². The Morgan fingerprint density at radius 1 is 1.07 bits per heavy atom. The van der Waals surface area contributed by atoms with E-state index < -0.39 is 20.7 Å². The molecule has 1 fully saturated rings. The second-order valence-electron chi connectivity index (χ2n) is 10.5. The van der Waals surface area contributed by atoms with Gasteiger partial charge in [-0.25, -0.2) is 8.42 Å². The number of likely N-dealkylation sites (tertiary alicyclic amines) is 1. The molecule has 1 saturated heterocycles. The van der Waals surface area contributed by atoms with E-state index in [1.807, 2.05) is 30.3 Å². The number of esters is 1. The van der Waals surface area contributed by atoms with Gasteiger partial charge in [-0.2, -0.15) is 5.26 Å². The van der Waals surface area contributed by atoms with Crippen LogP contribution in [0.4, 0.5) is 0 Å². The quantitative estimate of drug-likeness (QED) is 0.412. The molecule has 3 heterocycles. The van der Waals surface area contributed by atoms with Gasteiger partial charge >= 0.3 is 5.97 Å². The summed E-state index contributed by atoms with van der Waals surface area (Å²) >= 11 is 0. The molecule has 0 N–H and O–H groups in total. The lowest BCUT2D eigenvalue weighted by atomic mass is 9.86. The highest BCUT2D eigenvalue weighted by Gasteiger charge is 2.45. The molecule has 0 unspecified atom stereocenters. The van der Waals surface area contributed by atoms with Crippen molar-refractivity contribution >= 4 is 21.7 Å². The van der Waals surface area contributed by atoms with Crippen molar-refractivity contribution in [1.29, 1.82) is 5.26 Å². The van der Waals surface area contributed by atoms with E-state index in [1.54, 1.807) is 30.9 Å². The van der Waals surface area contributed by atoms with Gasteiger partial charge in [-0.1, -0.05) is 6.07 Å². The molecule has 2 aromatic carbocycles. The Balaban J connectivity index is 1.40. The average Bonchev–Trinajstić information content (AvgIpc) is 3.37. The molecular formula is C30H31N3O6S. The largest absolute Gasteiger partial charge is 0.479 e. The van der Waals surface area contributed by atoms with Gasteiger partial charge < -0.3 is 18.9 Å². The third-order valence-corrected chi connectivity index (χ3v) is 9.78. The van der Waals surface area contributed by atoms with E-state index in [4.69, 9.17) is 9.47 Å². The monoisotopic (exact) mass is 561 g/mol. The van der Waals surface area contributed by atoms with Crippen molar-refractivity contribution in [3.8, 4) is 17.5 Å². The van der Waals surface area contributed by atoms with Crippen LogP contribution >= 0.6 is 0 Å². The molecule has 0 aliphatic carbocycles. The van der Waals surface area contributed by atoms with Gasteiger partial charge in [0.1, 0.15) is 12.4 Å². The van der Waals surface area contributed by atoms with Crippen LogP contribution in [0.15, 0.2) is 59.5 Å². The number of hydrogen-bond donors (Lipinski definition) is 0. The zero-order chi connectivity index (χ0) is 28.7. The molecule has 208 valence electrons. The number of hydrogen-bond acceptors (Lipinski definition) is 7. The molecule has 40 heavy (non-hydrogen) atoms. The Kier molecular flexibility index (Phi) is 7.19. The van der Waals surface area contributed by atoms with Crippen molar-refractivity contribution in [3.63, 3.8) is 0 Å². The smallest absolute Gasteiger partial charge is 0.302 e. The summed E-state index contributed by atoms with van der Waals surface area (Å²) in [7, 11) is -3.42. The van der Waals surface area contributed by atoms with Crippen LogP contribution in [0.1, 0.15) is 60.9 Å². The number of carbonyl (C=O) groups is 2. The maximum atomic E-state index is 13.3. The predicted octanol–water partition coefficient (Wildman–Crippen LogP) is 4.31. The van der Waals surface area contributed by atoms with Crippen molar-refractivity contribution in [1.82, 2.24) is 9.47 Å². The number of nitriles is 1. The highest BCUT2D eigenvalue weighted by Crippen LogP contribution is 2.46. The summed E-state index contributed by atoms with van der Waals surface area (Å²) in [4.78, 5) is 26.6. The number of carbonyl (C=O) groups excluding carboxylic acids is 2. The minimum atomic E-state index is -3.42. The van der Waals surface area contributed by atoms with E-state index in [1.165, 1.54) is 19.1 Å². The molecule has 9 nitrogen and oxygen atoms in total. The number of aromatic nitrogens is 1. The Labute approximate surface area is 233 Å². The molecule has 1 spiro atoms. The Morgan fingerprint density at radius 2 is 1.77 bits per heavy atom. The second kappa shape index (κ2) is 10.5. The average molecular weight is 562 g/mol. The van der Waals surface area contributed by atoms with Gasteiger partial charge in [0.2, 0.25) is 0 Å². The van der Waals surface area contributed by atoms with Crippen molar-refractivity contribution in [2.24, 2.45) is 0 Å². The highest BCUT2D eigenvalue weighted by atomic mass is 32.2. The molecule has 5 rings (SSSR count). The number of sulfone groups is 1. The third kappa shape index (κ3) is 4.86. The number of rotatable bonds is 6. The Bertz CT molecular complexity index is 1610.